The van der Waals surface area contributed by atoms with Crippen molar-refractivity contribution in [2.45, 2.75) is 83.0 Å². The molecular weight excluding hydrogens is 314 g/mol. The monoisotopic (exact) mass is 345 g/mol. The van der Waals surface area contributed by atoms with Crippen molar-refractivity contribution < 1.29 is 9.90 Å². The second kappa shape index (κ2) is 5.44. The first-order valence-corrected chi connectivity index (χ1v) is 9.87. The first-order chi connectivity index (χ1) is 11.7. The highest BCUT2D eigenvalue weighted by molar-refractivity contribution is 5.84. The molecule has 1 saturated heterocycles. The van der Waals surface area contributed by atoms with Crippen molar-refractivity contribution in [2.24, 2.45) is 34.8 Å². The maximum absolute atomic E-state index is 13.4. The quantitative estimate of drug-likeness (QED) is 0.801. The predicted octanol–water partition coefficient (Wildman–Crippen LogP) is 2.04. The summed E-state index contributed by atoms with van der Waals surface area (Å²) in [6.07, 6.45) is 5.17. The molecule has 138 valence electrons. The Labute approximate surface area is 150 Å². The van der Waals surface area contributed by atoms with E-state index in [4.69, 9.17) is 5.73 Å². The van der Waals surface area contributed by atoms with E-state index in [1.54, 1.807) is 0 Å². The highest BCUT2D eigenvalue weighted by atomic mass is 16.3. The Morgan fingerprint density at radius 3 is 2.72 bits per heavy atom. The molecule has 1 heterocycles. The van der Waals surface area contributed by atoms with Crippen LogP contribution in [0.2, 0.25) is 0 Å². The van der Waals surface area contributed by atoms with Crippen molar-refractivity contribution in [3.63, 3.8) is 0 Å². The van der Waals surface area contributed by atoms with Crippen molar-refractivity contribution in [3.05, 3.63) is 0 Å². The molecule has 0 aromatic carbocycles. The van der Waals surface area contributed by atoms with Crippen LogP contribution in [0.1, 0.15) is 59.3 Å². The Morgan fingerprint density at radius 1 is 1.32 bits per heavy atom. The number of carbonyl (C=O) groups is 1. The van der Waals surface area contributed by atoms with Crippen LogP contribution in [-0.2, 0) is 4.79 Å². The van der Waals surface area contributed by atoms with Crippen molar-refractivity contribution in [2.75, 3.05) is 0 Å². The number of fused-ring (bicyclic) bond motifs is 3. The molecule has 5 heteroatoms. The van der Waals surface area contributed by atoms with Crippen molar-refractivity contribution >= 4 is 5.91 Å². The maximum atomic E-state index is 13.4. The number of nitriles is 1. The molecule has 4 rings (SSSR count). The van der Waals surface area contributed by atoms with E-state index in [9.17, 15) is 15.2 Å². The average Bonchev–Trinajstić information content (AvgIpc) is 2.96. The lowest BCUT2D eigenvalue weighted by atomic mass is 9.53. The fourth-order valence-corrected chi connectivity index (χ4v) is 6.96. The number of piperidine rings is 1. The van der Waals surface area contributed by atoms with E-state index in [1.165, 1.54) is 0 Å². The van der Waals surface area contributed by atoms with Gasteiger partial charge in [-0.1, -0.05) is 13.8 Å². The second-order valence-corrected chi connectivity index (χ2v) is 9.97. The van der Waals surface area contributed by atoms with Gasteiger partial charge in [0.25, 0.3) is 0 Å². The lowest BCUT2D eigenvalue weighted by Crippen LogP contribution is -2.61. The summed E-state index contributed by atoms with van der Waals surface area (Å²) < 4.78 is 0. The van der Waals surface area contributed by atoms with Gasteiger partial charge in [0.1, 0.15) is 6.04 Å². The Morgan fingerprint density at radius 2 is 2.04 bits per heavy atom. The van der Waals surface area contributed by atoms with E-state index in [-0.39, 0.29) is 23.4 Å². The number of hydrogen-bond donors (Lipinski definition) is 2. The van der Waals surface area contributed by atoms with Gasteiger partial charge in [-0.25, -0.2) is 0 Å². The smallest absolute Gasteiger partial charge is 0.241 e. The molecule has 3 saturated carbocycles. The van der Waals surface area contributed by atoms with Crippen LogP contribution < -0.4 is 5.73 Å². The fraction of sp³-hybridized carbons (Fsp3) is 0.900. The zero-order chi connectivity index (χ0) is 18.1. The lowest BCUT2D eigenvalue weighted by Gasteiger charge is -2.55. The zero-order valence-corrected chi connectivity index (χ0v) is 15.6. The maximum Gasteiger partial charge on any atom is 0.241 e. The van der Waals surface area contributed by atoms with Crippen molar-refractivity contribution in [3.8, 4) is 6.07 Å². The number of hydrogen-bond acceptors (Lipinski definition) is 4. The standard InChI is InChI=1S/C20H31N3O2/c1-11-4-13-7-19(3,25)10-20(6-11,8-13)17(22)18(24)23-14(9-21)5-15-12(2)16(15)23/h11-17,25H,4-8,10,22H2,1-3H3. The Bertz CT molecular complexity index is 623. The molecule has 0 radical (unpaired) electrons. The molecule has 4 aliphatic rings. The molecule has 9 unspecified atom stereocenters. The normalized spacial score (nSPS) is 52.2. The molecule has 5 nitrogen and oxygen atoms in total. The van der Waals surface area contributed by atoms with Gasteiger partial charge in [-0.05, 0) is 74.5 Å². The minimum atomic E-state index is -0.740. The van der Waals surface area contributed by atoms with E-state index in [0.717, 1.165) is 32.1 Å². The van der Waals surface area contributed by atoms with Gasteiger partial charge in [-0.2, -0.15) is 5.26 Å². The largest absolute Gasteiger partial charge is 0.390 e. The topological polar surface area (TPSA) is 90.3 Å². The van der Waals surface area contributed by atoms with E-state index in [0.29, 0.717) is 30.1 Å². The van der Waals surface area contributed by atoms with Crippen LogP contribution in [0.4, 0.5) is 0 Å². The summed E-state index contributed by atoms with van der Waals surface area (Å²) in [7, 11) is 0. The molecule has 1 aliphatic heterocycles. The van der Waals surface area contributed by atoms with E-state index in [2.05, 4.69) is 19.9 Å². The third-order valence-electron chi connectivity index (χ3n) is 7.64. The number of amides is 1. The minimum Gasteiger partial charge on any atom is -0.390 e. The number of rotatable bonds is 2. The summed E-state index contributed by atoms with van der Waals surface area (Å²) in [5.41, 5.74) is 5.57. The second-order valence-electron chi connectivity index (χ2n) is 9.97. The Balaban J connectivity index is 1.61. The van der Waals surface area contributed by atoms with Gasteiger partial charge >= 0.3 is 0 Å². The third kappa shape index (κ3) is 2.61. The Hall–Kier alpha value is -1.12. The van der Waals surface area contributed by atoms with Crippen LogP contribution in [0.5, 0.6) is 0 Å². The van der Waals surface area contributed by atoms with Crippen molar-refractivity contribution in [1.82, 2.24) is 4.90 Å². The van der Waals surface area contributed by atoms with Crippen LogP contribution in [0.15, 0.2) is 0 Å². The van der Waals surface area contributed by atoms with Gasteiger partial charge in [0.2, 0.25) is 5.91 Å². The van der Waals surface area contributed by atoms with Gasteiger partial charge in [0, 0.05) is 6.04 Å². The molecule has 4 fully saturated rings. The minimum absolute atomic E-state index is 0.0473. The SMILES string of the molecule is CC1CC2CC(C)(O)CC(C(N)C(=O)N3C(C#N)CC4C(C)C43)(C1)C2. The number of aliphatic hydroxyl groups is 1. The summed E-state index contributed by atoms with van der Waals surface area (Å²) >= 11 is 0. The van der Waals surface area contributed by atoms with Gasteiger partial charge in [-0.3, -0.25) is 4.79 Å². The summed E-state index contributed by atoms with van der Waals surface area (Å²) in [6, 6.07) is 1.60. The number of likely N-dealkylation sites (tertiary alicyclic amines) is 1. The molecule has 9 atom stereocenters. The van der Waals surface area contributed by atoms with Crippen LogP contribution in [0.25, 0.3) is 0 Å². The first-order valence-electron chi connectivity index (χ1n) is 9.87. The van der Waals surface area contributed by atoms with Crippen LogP contribution in [0, 0.1) is 40.4 Å². The van der Waals surface area contributed by atoms with E-state index in [1.807, 2.05) is 11.8 Å². The van der Waals surface area contributed by atoms with Crippen LogP contribution in [-0.4, -0.2) is 39.6 Å². The number of nitrogens with zero attached hydrogens (tertiary/aromatic N) is 2. The van der Waals surface area contributed by atoms with Gasteiger partial charge in [-0.15, -0.1) is 0 Å². The Kier molecular flexibility index (Phi) is 3.76. The molecule has 0 spiro atoms. The molecular formula is C20H31N3O2. The number of carbonyl (C=O) groups excluding carboxylic acids is 1. The highest BCUT2D eigenvalue weighted by Gasteiger charge is 2.62. The van der Waals surface area contributed by atoms with Crippen molar-refractivity contribution in [1.29, 1.82) is 5.26 Å². The summed E-state index contributed by atoms with van der Waals surface area (Å²) in [6.45, 7) is 6.30. The predicted molar refractivity (Wildman–Crippen MR) is 94.1 cm³/mol. The average molecular weight is 345 g/mol. The zero-order valence-electron chi connectivity index (χ0n) is 15.6. The molecule has 2 bridgehead atoms. The summed E-state index contributed by atoms with van der Waals surface area (Å²) in [5.74, 6) is 1.90. The molecule has 1 amide bonds. The van der Waals surface area contributed by atoms with E-state index < -0.39 is 11.6 Å². The number of nitrogens with two attached hydrogens (primary N) is 1. The molecule has 3 N–H and O–H groups in total. The highest BCUT2D eigenvalue weighted by Crippen LogP contribution is 2.57. The molecule has 0 aromatic rings. The van der Waals surface area contributed by atoms with Gasteiger partial charge in [0.05, 0.1) is 17.7 Å². The lowest BCUT2D eigenvalue weighted by molar-refractivity contribution is -0.146. The van der Waals surface area contributed by atoms with Gasteiger partial charge < -0.3 is 15.7 Å². The third-order valence-corrected chi connectivity index (χ3v) is 7.64. The first kappa shape index (κ1) is 17.3. The molecule has 25 heavy (non-hydrogen) atoms. The summed E-state index contributed by atoms with van der Waals surface area (Å²) in [4.78, 5) is 15.2. The molecule has 3 aliphatic carbocycles. The van der Waals surface area contributed by atoms with E-state index >= 15 is 0 Å². The van der Waals surface area contributed by atoms with Crippen LogP contribution >= 0.6 is 0 Å². The van der Waals surface area contributed by atoms with Crippen LogP contribution in [0.3, 0.4) is 0 Å². The van der Waals surface area contributed by atoms with Gasteiger partial charge in [0.15, 0.2) is 0 Å². The fourth-order valence-electron chi connectivity index (χ4n) is 6.96. The molecule has 0 aromatic heterocycles. The summed E-state index contributed by atoms with van der Waals surface area (Å²) in [5, 5.41) is 20.3.